The molecule has 2 aromatic carbocycles. The van der Waals surface area contributed by atoms with Crippen molar-refractivity contribution in [1.29, 1.82) is 0 Å². The Morgan fingerprint density at radius 3 is 2.69 bits per heavy atom. The quantitative estimate of drug-likeness (QED) is 0.568. The van der Waals surface area contributed by atoms with E-state index in [1.807, 2.05) is 18.2 Å². The standard InChI is InChI=1S/C29H33NO5/c31-20-9-11-30(12-10-20)13-14-34-22-4-7-23-19(16-22)2-8-27-28(23)26(17-35-27)25-6-3-21(32)15-18-1-5-24(18)29(25)33/h2,4,7-8,16-18,20,24-25,31H,1,3,5-6,9-15H2. The predicted octanol–water partition coefficient (Wildman–Crippen LogP) is 4.85. The first-order chi connectivity index (χ1) is 17.1. The van der Waals surface area contributed by atoms with Crippen molar-refractivity contribution >= 4 is 33.3 Å². The van der Waals surface area contributed by atoms with Gasteiger partial charge in [0.1, 0.15) is 29.5 Å². The van der Waals surface area contributed by atoms with Crippen LogP contribution < -0.4 is 4.74 Å². The number of hydrogen-bond acceptors (Lipinski definition) is 6. The number of benzene rings is 2. The normalized spacial score (nSPS) is 26.4. The third-order valence-electron chi connectivity index (χ3n) is 8.49. The van der Waals surface area contributed by atoms with Crippen LogP contribution in [0.3, 0.4) is 0 Å². The average Bonchev–Trinajstić information content (AvgIpc) is 3.27. The van der Waals surface area contributed by atoms with Gasteiger partial charge in [0.05, 0.1) is 12.4 Å². The van der Waals surface area contributed by atoms with Gasteiger partial charge >= 0.3 is 0 Å². The van der Waals surface area contributed by atoms with Crippen LogP contribution in [-0.4, -0.2) is 53.9 Å². The SMILES string of the molecule is O=C1CCC(c2coc3ccc4cc(OCCN5CCC(O)CC5)ccc4c23)C(=O)C2CCC2C1. The monoisotopic (exact) mass is 475 g/mol. The zero-order chi connectivity index (χ0) is 23.9. The number of aliphatic hydroxyl groups excluding tert-OH is 1. The number of rotatable bonds is 5. The first-order valence-corrected chi connectivity index (χ1v) is 13.1. The van der Waals surface area contributed by atoms with Gasteiger partial charge in [-0.15, -0.1) is 0 Å². The number of fused-ring (bicyclic) bond motifs is 4. The van der Waals surface area contributed by atoms with Crippen LogP contribution in [0, 0.1) is 11.8 Å². The van der Waals surface area contributed by atoms with Gasteiger partial charge in [-0.3, -0.25) is 14.5 Å². The Morgan fingerprint density at radius 1 is 1.03 bits per heavy atom. The lowest BCUT2D eigenvalue weighted by molar-refractivity contribution is -0.133. The molecule has 0 bridgehead atoms. The van der Waals surface area contributed by atoms with Crippen molar-refractivity contribution in [3.8, 4) is 5.75 Å². The second-order valence-corrected chi connectivity index (χ2v) is 10.6. The summed E-state index contributed by atoms with van der Waals surface area (Å²) >= 11 is 0. The molecule has 0 spiro atoms. The molecule has 35 heavy (non-hydrogen) atoms. The van der Waals surface area contributed by atoms with Crippen LogP contribution in [0.1, 0.15) is 56.4 Å². The molecule has 3 unspecified atom stereocenters. The van der Waals surface area contributed by atoms with Crippen molar-refractivity contribution in [2.24, 2.45) is 11.8 Å². The summed E-state index contributed by atoms with van der Waals surface area (Å²) in [5, 5.41) is 12.8. The molecular formula is C29H33NO5. The van der Waals surface area contributed by atoms with Gasteiger partial charge in [0.25, 0.3) is 0 Å². The highest BCUT2D eigenvalue weighted by Gasteiger charge is 2.43. The third-order valence-corrected chi connectivity index (χ3v) is 8.49. The van der Waals surface area contributed by atoms with Gasteiger partial charge in [-0.1, -0.05) is 6.07 Å². The number of ether oxygens (including phenoxy) is 1. The molecule has 6 rings (SSSR count). The van der Waals surface area contributed by atoms with Crippen molar-refractivity contribution in [1.82, 2.24) is 4.90 Å². The summed E-state index contributed by atoms with van der Waals surface area (Å²) in [5.74, 6) is 1.38. The third kappa shape index (κ3) is 4.38. The summed E-state index contributed by atoms with van der Waals surface area (Å²) in [5.41, 5.74) is 1.71. The molecule has 3 aromatic rings. The Kier molecular flexibility index (Phi) is 6.11. The van der Waals surface area contributed by atoms with E-state index in [4.69, 9.17) is 9.15 Å². The number of hydrogen-bond donors (Lipinski definition) is 1. The summed E-state index contributed by atoms with van der Waals surface area (Å²) in [6.07, 6.45) is 6.75. The Labute approximate surface area is 205 Å². The lowest BCUT2D eigenvalue weighted by atomic mass is 9.64. The first-order valence-electron chi connectivity index (χ1n) is 13.1. The topological polar surface area (TPSA) is 80.0 Å². The fraction of sp³-hybridized carbons (Fsp3) is 0.517. The van der Waals surface area contributed by atoms with E-state index in [0.29, 0.717) is 31.7 Å². The van der Waals surface area contributed by atoms with Crippen LogP contribution in [0.25, 0.3) is 21.7 Å². The van der Waals surface area contributed by atoms with Gasteiger partial charge < -0.3 is 14.3 Å². The summed E-state index contributed by atoms with van der Waals surface area (Å²) in [6.45, 7) is 3.28. The molecule has 184 valence electrons. The fourth-order valence-corrected chi connectivity index (χ4v) is 6.25. The molecule has 2 aliphatic carbocycles. The zero-order valence-electron chi connectivity index (χ0n) is 20.1. The van der Waals surface area contributed by atoms with Crippen molar-refractivity contribution < 1.29 is 23.8 Å². The van der Waals surface area contributed by atoms with Gasteiger partial charge in [-0.25, -0.2) is 0 Å². The van der Waals surface area contributed by atoms with Crippen LogP contribution in [0.15, 0.2) is 41.0 Å². The van der Waals surface area contributed by atoms with E-state index >= 15 is 0 Å². The van der Waals surface area contributed by atoms with Crippen molar-refractivity contribution in [3.63, 3.8) is 0 Å². The van der Waals surface area contributed by atoms with E-state index in [1.165, 1.54) is 0 Å². The number of carbonyl (C=O) groups excluding carboxylic acids is 2. The largest absolute Gasteiger partial charge is 0.492 e. The second-order valence-electron chi connectivity index (χ2n) is 10.6. The Bertz CT molecular complexity index is 1250. The molecule has 2 heterocycles. The number of piperidine rings is 1. The van der Waals surface area contributed by atoms with E-state index in [1.54, 1.807) is 6.26 Å². The number of aliphatic hydroxyl groups is 1. The molecular weight excluding hydrogens is 442 g/mol. The highest BCUT2D eigenvalue weighted by molar-refractivity contribution is 6.09. The molecule has 3 fully saturated rings. The van der Waals surface area contributed by atoms with Crippen LogP contribution >= 0.6 is 0 Å². The van der Waals surface area contributed by atoms with Crippen LogP contribution in [-0.2, 0) is 9.59 Å². The van der Waals surface area contributed by atoms with Crippen LogP contribution in [0.4, 0.5) is 0 Å². The molecule has 3 atom stereocenters. The van der Waals surface area contributed by atoms with Crippen molar-refractivity contribution in [3.05, 3.63) is 42.2 Å². The zero-order valence-corrected chi connectivity index (χ0v) is 20.1. The Morgan fingerprint density at radius 2 is 1.89 bits per heavy atom. The number of likely N-dealkylation sites (tertiary alicyclic amines) is 1. The van der Waals surface area contributed by atoms with E-state index in [0.717, 1.165) is 78.4 Å². The van der Waals surface area contributed by atoms with Crippen LogP contribution in [0.2, 0.25) is 0 Å². The van der Waals surface area contributed by atoms with Gasteiger partial charge in [-0.2, -0.15) is 0 Å². The first kappa shape index (κ1) is 22.7. The maximum absolute atomic E-state index is 13.5. The van der Waals surface area contributed by atoms with Crippen molar-refractivity contribution in [2.45, 2.75) is 57.0 Å². The smallest absolute Gasteiger partial charge is 0.143 e. The Balaban J connectivity index is 1.24. The molecule has 1 aliphatic heterocycles. The van der Waals surface area contributed by atoms with E-state index in [-0.39, 0.29) is 29.6 Å². The average molecular weight is 476 g/mol. The highest BCUT2D eigenvalue weighted by atomic mass is 16.5. The minimum Gasteiger partial charge on any atom is -0.492 e. The summed E-state index contributed by atoms with van der Waals surface area (Å²) in [7, 11) is 0. The maximum atomic E-state index is 13.5. The number of furan rings is 1. The van der Waals surface area contributed by atoms with Crippen molar-refractivity contribution in [2.75, 3.05) is 26.2 Å². The second kappa shape index (κ2) is 9.40. The highest BCUT2D eigenvalue weighted by Crippen LogP contribution is 2.46. The van der Waals surface area contributed by atoms with E-state index in [2.05, 4.69) is 17.0 Å². The lowest BCUT2D eigenvalue weighted by Crippen LogP contribution is -2.39. The molecule has 1 aromatic heterocycles. The predicted molar refractivity (Wildman–Crippen MR) is 134 cm³/mol. The molecule has 0 amide bonds. The number of Topliss-reactive ketones (excluding diaryl/α,β-unsaturated/α-hetero) is 2. The van der Waals surface area contributed by atoms with E-state index < -0.39 is 0 Å². The van der Waals surface area contributed by atoms with E-state index in [9.17, 15) is 14.7 Å². The maximum Gasteiger partial charge on any atom is 0.143 e. The van der Waals surface area contributed by atoms with Gasteiger partial charge in [0, 0.05) is 55.3 Å². The molecule has 3 aliphatic rings. The Hall–Kier alpha value is -2.70. The molecule has 0 radical (unpaired) electrons. The molecule has 6 heteroatoms. The molecule has 1 saturated heterocycles. The minimum absolute atomic E-state index is 0.0207. The minimum atomic E-state index is -0.280. The van der Waals surface area contributed by atoms with Gasteiger partial charge in [0.15, 0.2) is 0 Å². The summed E-state index contributed by atoms with van der Waals surface area (Å²) in [6, 6.07) is 10.1. The summed E-state index contributed by atoms with van der Waals surface area (Å²) in [4.78, 5) is 28.2. The number of nitrogens with zero attached hydrogens (tertiary/aromatic N) is 1. The number of carbonyl (C=O) groups is 2. The fourth-order valence-electron chi connectivity index (χ4n) is 6.25. The molecule has 6 nitrogen and oxygen atoms in total. The van der Waals surface area contributed by atoms with Crippen LogP contribution in [0.5, 0.6) is 5.75 Å². The number of ketones is 2. The van der Waals surface area contributed by atoms with Gasteiger partial charge in [-0.05, 0) is 73.1 Å². The lowest BCUT2D eigenvalue weighted by Gasteiger charge is -2.38. The molecule has 1 N–H and O–H groups in total. The molecule has 2 saturated carbocycles. The summed E-state index contributed by atoms with van der Waals surface area (Å²) < 4.78 is 12.0. The van der Waals surface area contributed by atoms with Gasteiger partial charge in [0.2, 0.25) is 0 Å².